The van der Waals surface area contributed by atoms with Crippen molar-refractivity contribution in [2.75, 3.05) is 35.2 Å². The number of carbonyl (C=O) groups excluding carboxylic acids is 1. The van der Waals surface area contributed by atoms with E-state index in [0.29, 0.717) is 16.4 Å². The van der Waals surface area contributed by atoms with Crippen LogP contribution in [0, 0.1) is 0 Å². The van der Waals surface area contributed by atoms with Crippen LogP contribution < -0.4 is 15.5 Å². The van der Waals surface area contributed by atoms with Gasteiger partial charge in [0.25, 0.3) is 5.91 Å². The van der Waals surface area contributed by atoms with E-state index in [0.717, 1.165) is 41.8 Å². The van der Waals surface area contributed by atoms with Gasteiger partial charge in [0.1, 0.15) is 11.4 Å². The Bertz CT molecular complexity index is 1040. The van der Waals surface area contributed by atoms with Crippen LogP contribution in [0.2, 0.25) is 0 Å². The van der Waals surface area contributed by atoms with Gasteiger partial charge in [0.2, 0.25) is 0 Å². The van der Waals surface area contributed by atoms with Crippen LogP contribution in [0.25, 0.3) is 10.8 Å². The molecule has 29 heavy (non-hydrogen) atoms. The molecule has 1 saturated heterocycles. The van der Waals surface area contributed by atoms with Crippen molar-refractivity contribution in [1.29, 1.82) is 0 Å². The van der Waals surface area contributed by atoms with E-state index in [-0.39, 0.29) is 12.5 Å². The number of anilines is 3. The number of fused-ring (bicyclic) bond motifs is 1. The standard InChI is InChI=1S/C21H22N4O3S/c26-17(27)13-22-19-18(29-21(24-19)25-10-4-1-5-11-25)20(28)23-16-9-8-14-6-2-3-7-15(14)12-16/h2-3,6-9,12,22H,1,4-5,10-11,13H2,(H,23,28)(H,26,27). The van der Waals surface area contributed by atoms with Crippen molar-refractivity contribution in [2.24, 2.45) is 0 Å². The first-order valence-corrected chi connectivity index (χ1v) is 10.4. The van der Waals surface area contributed by atoms with Gasteiger partial charge in [-0.15, -0.1) is 0 Å². The second-order valence-electron chi connectivity index (χ2n) is 6.99. The molecule has 2 heterocycles. The Labute approximate surface area is 172 Å². The van der Waals surface area contributed by atoms with Gasteiger partial charge in [0, 0.05) is 18.8 Å². The number of thiazole rings is 1. The van der Waals surface area contributed by atoms with Gasteiger partial charge in [0.15, 0.2) is 10.9 Å². The van der Waals surface area contributed by atoms with E-state index in [1.165, 1.54) is 17.8 Å². The van der Waals surface area contributed by atoms with Crippen molar-refractivity contribution in [3.63, 3.8) is 0 Å². The Kier molecular flexibility index (Phi) is 5.62. The Morgan fingerprint density at radius 3 is 2.59 bits per heavy atom. The smallest absolute Gasteiger partial charge is 0.322 e. The van der Waals surface area contributed by atoms with Crippen molar-refractivity contribution >= 4 is 50.6 Å². The number of hydrogen-bond donors (Lipinski definition) is 3. The SMILES string of the molecule is O=C(O)CNc1nc(N2CCCCC2)sc1C(=O)Nc1ccc2ccccc2c1. The lowest BCUT2D eigenvalue weighted by Crippen LogP contribution is -2.29. The molecule has 0 saturated carbocycles. The number of rotatable bonds is 6. The third kappa shape index (κ3) is 4.48. The van der Waals surface area contributed by atoms with Gasteiger partial charge in [-0.1, -0.05) is 41.7 Å². The predicted molar refractivity (Wildman–Crippen MR) is 116 cm³/mol. The molecule has 1 aliphatic heterocycles. The van der Waals surface area contributed by atoms with Crippen molar-refractivity contribution in [3.8, 4) is 0 Å². The van der Waals surface area contributed by atoms with Gasteiger partial charge in [-0.05, 0) is 42.2 Å². The second kappa shape index (κ2) is 8.48. The maximum absolute atomic E-state index is 13.0. The van der Waals surface area contributed by atoms with E-state index in [9.17, 15) is 9.59 Å². The first-order valence-electron chi connectivity index (χ1n) is 9.62. The van der Waals surface area contributed by atoms with Gasteiger partial charge in [0.05, 0.1) is 0 Å². The summed E-state index contributed by atoms with van der Waals surface area (Å²) in [6, 6.07) is 13.7. The molecular weight excluding hydrogens is 388 g/mol. The molecule has 0 radical (unpaired) electrons. The van der Waals surface area contributed by atoms with Crippen LogP contribution in [0.4, 0.5) is 16.6 Å². The van der Waals surface area contributed by atoms with Crippen LogP contribution in [0.5, 0.6) is 0 Å². The minimum atomic E-state index is -1.00. The van der Waals surface area contributed by atoms with Gasteiger partial charge < -0.3 is 20.6 Å². The molecule has 1 aromatic heterocycles. The molecule has 2 aromatic carbocycles. The van der Waals surface area contributed by atoms with Crippen molar-refractivity contribution in [1.82, 2.24) is 4.98 Å². The molecule has 1 amide bonds. The number of carboxylic acid groups (broad SMARTS) is 1. The first-order chi connectivity index (χ1) is 14.1. The number of amides is 1. The number of benzene rings is 2. The minimum absolute atomic E-state index is 0.292. The first kappa shape index (κ1) is 19.2. The largest absolute Gasteiger partial charge is 0.480 e. The fraction of sp³-hybridized carbons (Fsp3) is 0.286. The third-order valence-electron chi connectivity index (χ3n) is 4.86. The van der Waals surface area contributed by atoms with E-state index >= 15 is 0 Å². The molecular formula is C21H22N4O3S. The van der Waals surface area contributed by atoms with Gasteiger partial charge >= 0.3 is 5.97 Å². The van der Waals surface area contributed by atoms with Crippen molar-refractivity contribution in [2.45, 2.75) is 19.3 Å². The fourth-order valence-electron chi connectivity index (χ4n) is 3.42. The lowest BCUT2D eigenvalue weighted by atomic mass is 10.1. The summed E-state index contributed by atoms with van der Waals surface area (Å²) in [7, 11) is 0. The number of aromatic nitrogens is 1. The summed E-state index contributed by atoms with van der Waals surface area (Å²) in [5.74, 6) is -0.983. The van der Waals surface area contributed by atoms with Crippen LogP contribution in [0.15, 0.2) is 42.5 Å². The van der Waals surface area contributed by atoms with E-state index in [1.54, 1.807) is 0 Å². The van der Waals surface area contributed by atoms with Crippen LogP contribution >= 0.6 is 11.3 Å². The lowest BCUT2D eigenvalue weighted by molar-refractivity contribution is -0.134. The predicted octanol–water partition coefficient (Wildman–Crippen LogP) is 4.04. The zero-order chi connectivity index (χ0) is 20.2. The number of aliphatic carboxylic acids is 1. The van der Waals surface area contributed by atoms with Gasteiger partial charge in [-0.25, -0.2) is 4.98 Å². The molecule has 1 aliphatic rings. The summed E-state index contributed by atoms with van der Waals surface area (Å²) in [5, 5.41) is 17.6. The number of carbonyl (C=O) groups is 2. The summed E-state index contributed by atoms with van der Waals surface area (Å²) in [4.78, 5) is 31.0. The molecule has 4 rings (SSSR count). The summed E-state index contributed by atoms with van der Waals surface area (Å²) in [6.45, 7) is 1.51. The van der Waals surface area contributed by atoms with Crippen LogP contribution in [0.3, 0.4) is 0 Å². The average Bonchev–Trinajstić information content (AvgIpc) is 3.17. The normalized spacial score (nSPS) is 14.0. The number of nitrogens with zero attached hydrogens (tertiary/aromatic N) is 2. The van der Waals surface area contributed by atoms with Crippen molar-refractivity contribution < 1.29 is 14.7 Å². The molecule has 150 valence electrons. The molecule has 7 nitrogen and oxygen atoms in total. The average molecular weight is 410 g/mol. The number of hydrogen-bond acceptors (Lipinski definition) is 6. The van der Waals surface area contributed by atoms with E-state index in [1.807, 2.05) is 42.5 Å². The topological polar surface area (TPSA) is 94.6 Å². The van der Waals surface area contributed by atoms with E-state index in [2.05, 4.69) is 20.5 Å². The fourth-order valence-corrected chi connectivity index (χ4v) is 4.41. The van der Waals surface area contributed by atoms with Crippen LogP contribution in [-0.4, -0.2) is 41.6 Å². The van der Waals surface area contributed by atoms with Crippen LogP contribution in [-0.2, 0) is 4.79 Å². The summed E-state index contributed by atoms with van der Waals surface area (Å²) >= 11 is 1.30. The van der Waals surface area contributed by atoms with Gasteiger partial charge in [-0.3, -0.25) is 9.59 Å². The van der Waals surface area contributed by atoms with E-state index in [4.69, 9.17) is 5.11 Å². The monoisotopic (exact) mass is 410 g/mol. The Morgan fingerprint density at radius 1 is 1.07 bits per heavy atom. The van der Waals surface area contributed by atoms with Crippen molar-refractivity contribution in [3.05, 3.63) is 47.3 Å². The molecule has 3 N–H and O–H groups in total. The Balaban J connectivity index is 1.58. The summed E-state index contributed by atoms with van der Waals surface area (Å²) in [5.41, 5.74) is 0.686. The third-order valence-corrected chi connectivity index (χ3v) is 5.98. The van der Waals surface area contributed by atoms with Crippen LogP contribution in [0.1, 0.15) is 28.9 Å². The highest BCUT2D eigenvalue weighted by Crippen LogP contribution is 2.32. The molecule has 0 aliphatic carbocycles. The molecule has 0 unspecified atom stereocenters. The molecule has 3 aromatic rings. The number of piperidine rings is 1. The molecule has 0 spiro atoms. The molecule has 0 atom stereocenters. The second-order valence-corrected chi connectivity index (χ2v) is 7.96. The number of nitrogens with one attached hydrogen (secondary N) is 2. The highest BCUT2D eigenvalue weighted by Gasteiger charge is 2.23. The lowest BCUT2D eigenvalue weighted by Gasteiger charge is -2.25. The molecule has 8 heteroatoms. The van der Waals surface area contributed by atoms with Gasteiger partial charge in [-0.2, -0.15) is 0 Å². The minimum Gasteiger partial charge on any atom is -0.480 e. The zero-order valence-corrected chi connectivity index (χ0v) is 16.7. The summed E-state index contributed by atoms with van der Waals surface area (Å²) < 4.78 is 0. The molecule has 0 bridgehead atoms. The zero-order valence-electron chi connectivity index (χ0n) is 15.9. The highest BCUT2D eigenvalue weighted by atomic mass is 32.1. The Morgan fingerprint density at radius 2 is 1.83 bits per heavy atom. The molecule has 1 fully saturated rings. The Hall–Kier alpha value is -3.13. The highest BCUT2D eigenvalue weighted by molar-refractivity contribution is 7.18. The number of carboxylic acids is 1. The summed E-state index contributed by atoms with van der Waals surface area (Å²) in [6.07, 6.45) is 3.38. The maximum Gasteiger partial charge on any atom is 0.322 e. The van der Waals surface area contributed by atoms with E-state index < -0.39 is 5.97 Å². The quantitative estimate of drug-likeness (QED) is 0.568. The maximum atomic E-state index is 13.0.